The third-order valence-corrected chi connectivity index (χ3v) is 3.92. The molecule has 1 heterocycles. The van der Waals surface area contributed by atoms with Crippen molar-refractivity contribution < 1.29 is 4.79 Å². The van der Waals surface area contributed by atoms with Crippen LogP contribution in [0.2, 0.25) is 0 Å². The number of halogens is 1. The Morgan fingerprint density at radius 3 is 2.31 bits per heavy atom. The fourth-order valence-corrected chi connectivity index (χ4v) is 2.73. The lowest BCUT2D eigenvalue weighted by molar-refractivity contribution is -0.136. The summed E-state index contributed by atoms with van der Waals surface area (Å²) in [6.07, 6.45) is 5.28. The molecule has 2 aliphatic rings. The second-order valence-electron chi connectivity index (χ2n) is 5.28. The fraction of sp³-hybridized carbons (Fsp3) is 0.917. The Labute approximate surface area is 104 Å². The van der Waals surface area contributed by atoms with E-state index in [1.807, 2.05) is 0 Å². The van der Waals surface area contributed by atoms with Crippen LogP contribution in [0.25, 0.3) is 0 Å². The molecule has 1 saturated heterocycles. The van der Waals surface area contributed by atoms with Gasteiger partial charge in [0.1, 0.15) is 0 Å². The maximum absolute atomic E-state index is 12.1. The van der Waals surface area contributed by atoms with Crippen LogP contribution >= 0.6 is 12.4 Å². The van der Waals surface area contributed by atoms with E-state index in [1.54, 1.807) is 0 Å². The highest BCUT2D eigenvalue weighted by atomic mass is 35.5. The van der Waals surface area contributed by atoms with Crippen molar-refractivity contribution in [2.45, 2.75) is 45.1 Å². The molecule has 1 amide bonds. The molecule has 0 aromatic heterocycles. The third kappa shape index (κ3) is 3.11. The van der Waals surface area contributed by atoms with Gasteiger partial charge in [-0.2, -0.15) is 0 Å². The monoisotopic (exact) mass is 246 g/mol. The SMILES string of the molecule is CC1CCN(C(=O)C2CCC(N)C2)CC1.Cl. The van der Waals surface area contributed by atoms with Crippen molar-refractivity contribution in [3.8, 4) is 0 Å². The van der Waals surface area contributed by atoms with Crippen LogP contribution in [0.4, 0.5) is 0 Å². The molecular weight excluding hydrogens is 224 g/mol. The number of hydrogen-bond donors (Lipinski definition) is 1. The van der Waals surface area contributed by atoms with E-state index >= 15 is 0 Å². The van der Waals surface area contributed by atoms with Crippen molar-refractivity contribution in [3.05, 3.63) is 0 Å². The number of nitrogens with two attached hydrogens (primary N) is 1. The van der Waals surface area contributed by atoms with Gasteiger partial charge in [0.05, 0.1) is 0 Å². The molecule has 2 fully saturated rings. The van der Waals surface area contributed by atoms with E-state index in [0.29, 0.717) is 5.91 Å². The number of amides is 1. The van der Waals surface area contributed by atoms with E-state index in [9.17, 15) is 4.79 Å². The van der Waals surface area contributed by atoms with Gasteiger partial charge in [0.15, 0.2) is 0 Å². The first-order valence-electron chi connectivity index (χ1n) is 6.21. The van der Waals surface area contributed by atoms with Crippen molar-refractivity contribution in [1.82, 2.24) is 4.90 Å². The molecule has 2 N–H and O–H groups in total. The van der Waals surface area contributed by atoms with Gasteiger partial charge < -0.3 is 10.6 Å². The predicted molar refractivity (Wildman–Crippen MR) is 67.5 cm³/mol. The van der Waals surface area contributed by atoms with Gasteiger partial charge in [-0.15, -0.1) is 12.4 Å². The Bertz CT molecular complexity index is 239. The number of rotatable bonds is 1. The molecule has 4 heteroatoms. The predicted octanol–water partition coefficient (Wildman–Crippen LogP) is 1.79. The Hall–Kier alpha value is -0.280. The normalized spacial score (nSPS) is 31.2. The molecule has 1 saturated carbocycles. The van der Waals surface area contributed by atoms with Crippen molar-refractivity contribution in [3.63, 3.8) is 0 Å². The van der Waals surface area contributed by atoms with Gasteiger partial charge in [-0.3, -0.25) is 4.79 Å². The van der Waals surface area contributed by atoms with Gasteiger partial charge in [0.25, 0.3) is 0 Å². The van der Waals surface area contributed by atoms with Crippen molar-refractivity contribution >= 4 is 18.3 Å². The van der Waals surface area contributed by atoms with E-state index in [4.69, 9.17) is 5.73 Å². The minimum atomic E-state index is 0. The first-order valence-corrected chi connectivity index (χ1v) is 6.21. The molecule has 0 spiro atoms. The van der Waals surface area contributed by atoms with Crippen molar-refractivity contribution in [2.75, 3.05) is 13.1 Å². The van der Waals surface area contributed by atoms with Crippen molar-refractivity contribution in [1.29, 1.82) is 0 Å². The van der Waals surface area contributed by atoms with E-state index in [1.165, 1.54) is 12.8 Å². The van der Waals surface area contributed by atoms with Crippen LogP contribution in [0.15, 0.2) is 0 Å². The number of likely N-dealkylation sites (tertiary alicyclic amines) is 1. The minimum absolute atomic E-state index is 0. The highest BCUT2D eigenvalue weighted by Crippen LogP contribution is 2.27. The summed E-state index contributed by atoms with van der Waals surface area (Å²) in [6, 6.07) is 0.266. The lowest BCUT2D eigenvalue weighted by atomic mass is 9.97. The second-order valence-corrected chi connectivity index (χ2v) is 5.28. The second kappa shape index (κ2) is 5.87. The average Bonchev–Trinajstić information content (AvgIpc) is 2.65. The standard InChI is InChI=1S/C12H22N2O.ClH/c1-9-4-6-14(7-5-9)12(15)10-2-3-11(13)8-10;/h9-11H,2-8,13H2,1H3;1H. The molecule has 0 bridgehead atoms. The van der Waals surface area contributed by atoms with E-state index < -0.39 is 0 Å². The Morgan fingerprint density at radius 2 is 1.81 bits per heavy atom. The zero-order valence-corrected chi connectivity index (χ0v) is 10.8. The van der Waals surface area contributed by atoms with E-state index in [-0.39, 0.29) is 24.4 Å². The minimum Gasteiger partial charge on any atom is -0.342 e. The molecule has 2 unspecified atom stereocenters. The van der Waals surface area contributed by atoms with Crippen LogP contribution in [0.1, 0.15) is 39.0 Å². The van der Waals surface area contributed by atoms with Gasteiger partial charge >= 0.3 is 0 Å². The van der Waals surface area contributed by atoms with Gasteiger partial charge in [-0.25, -0.2) is 0 Å². The Morgan fingerprint density at radius 1 is 1.19 bits per heavy atom. The summed E-state index contributed by atoms with van der Waals surface area (Å²) >= 11 is 0. The number of carbonyl (C=O) groups excluding carboxylic acids is 1. The van der Waals surface area contributed by atoms with Crippen LogP contribution < -0.4 is 5.73 Å². The molecule has 3 nitrogen and oxygen atoms in total. The summed E-state index contributed by atoms with van der Waals surface area (Å²) in [5.74, 6) is 1.39. The van der Waals surface area contributed by atoms with Crippen LogP contribution in [-0.2, 0) is 4.79 Å². The maximum atomic E-state index is 12.1. The molecule has 2 atom stereocenters. The summed E-state index contributed by atoms with van der Waals surface area (Å²) in [4.78, 5) is 14.2. The van der Waals surface area contributed by atoms with Crippen molar-refractivity contribution in [2.24, 2.45) is 17.6 Å². The molecule has 0 aromatic rings. The summed E-state index contributed by atoms with van der Waals surface area (Å²) in [5, 5.41) is 0. The topological polar surface area (TPSA) is 46.3 Å². The molecule has 94 valence electrons. The van der Waals surface area contributed by atoms with E-state index in [2.05, 4.69) is 11.8 Å². The fourth-order valence-electron chi connectivity index (χ4n) is 2.73. The van der Waals surface area contributed by atoms with Gasteiger partial charge in [0, 0.05) is 25.0 Å². The molecule has 1 aliphatic carbocycles. The zero-order valence-electron chi connectivity index (χ0n) is 10.0. The van der Waals surface area contributed by atoms with Crippen LogP contribution in [0.3, 0.4) is 0 Å². The number of nitrogens with zero attached hydrogens (tertiary/aromatic N) is 1. The summed E-state index contributed by atoms with van der Waals surface area (Å²) < 4.78 is 0. The quantitative estimate of drug-likeness (QED) is 0.767. The highest BCUT2D eigenvalue weighted by Gasteiger charge is 2.32. The zero-order chi connectivity index (χ0) is 10.8. The average molecular weight is 247 g/mol. The van der Waals surface area contributed by atoms with Crippen LogP contribution in [-0.4, -0.2) is 29.9 Å². The molecular formula is C12H23ClN2O. The first-order chi connectivity index (χ1) is 7.16. The molecule has 16 heavy (non-hydrogen) atoms. The molecule has 1 aliphatic heterocycles. The number of carbonyl (C=O) groups is 1. The lowest BCUT2D eigenvalue weighted by Gasteiger charge is -2.32. The Kier molecular flexibility index (Phi) is 5.06. The molecule has 0 radical (unpaired) electrons. The first kappa shape index (κ1) is 13.8. The van der Waals surface area contributed by atoms with Crippen LogP contribution in [0.5, 0.6) is 0 Å². The lowest BCUT2D eigenvalue weighted by Crippen LogP contribution is -2.41. The third-order valence-electron chi connectivity index (χ3n) is 3.92. The highest BCUT2D eigenvalue weighted by molar-refractivity contribution is 5.85. The van der Waals surface area contributed by atoms with Gasteiger partial charge in [-0.1, -0.05) is 6.92 Å². The van der Waals surface area contributed by atoms with Crippen LogP contribution in [0, 0.1) is 11.8 Å². The van der Waals surface area contributed by atoms with E-state index in [0.717, 1.165) is 38.3 Å². The summed E-state index contributed by atoms with van der Waals surface area (Å²) in [5.41, 5.74) is 5.84. The van der Waals surface area contributed by atoms with Gasteiger partial charge in [-0.05, 0) is 38.0 Å². The largest absolute Gasteiger partial charge is 0.342 e. The number of hydrogen-bond acceptors (Lipinski definition) is 2. The van der Waals surface area contributed by atoms with Gasteiger partial charge in [0.2, 0.25) is 5.91 Å². The number of piperidine rings is 1. The summed E-state index contributed by atoms with van der Waals surface area (Å²) in [6.45, 7) is 4.20. The Balaban J connectivity index is 0.00000128. The molecule has 0 aromatic carbocycles. The smallest absolute Gasteiger partial charge is 0.225 e. The maximum Gasteiger partial charge on any atom is 0.225 e. The molecule has 2 rings (SSSR count). The summed E-state index contributed by atoms with van der Waals surface area (Å²) in [7, 11) is 0.